The summed E-state index contributed by atoms with van der Waals surface area (Å²) in [5, 5.41) is 19.0. The van der Waals surface area contributed by atoms with Crippen molar-refractivity contribution in [3.05, 3.63) is 76.3 Å². The van der Waals surface area contributed by atoms with Crippen molar-refractivity contribution in [3.8, 4) is 5.69 Å². The molecule has 3 aliphatic heterocycles. The number of hydrogen-bond donors (Lipinski definition) is 5. The van der Waals surface area contributed by atoms with Gasteiger partial charge in [-0.1, -0.05) is 12.2 Å². The third-order valence-electron chi connectivity index (χ3n) is 11.2. The van der Waals surface area contributed by atoms with E-state index in [0.717, 1.165) is 30.6 Å². The molecule has 0 radical (unpaired) electrons. The number of carbonyl (C=O) groups is 4. The number of allylic oxidation sites excluding steroid dienone is 2. The van der Waals surface area contributed by atoms with Gasteiger partial charge in [0, 0.05) is 75.1 Å². The van der Waals surface area contributed by atoms with Crippen molar-refractivity contribution in [2.45, 2.75) is 78.9 Å². The van der Waals surface area contributed by atoms with Crippen LogP contribution in [0.25, 0.3) is 27.9 Å². The Hall–Kier alpha value is -6.80. The number of hydrogen-bond acceptors (Lipinski definition) is 11. The van der Waals surface area contributed by atoms with E-state index >= 15 is 0 Å². The van der Waals surface area contributed by atoms with Gasteiger partial charge in [0.25, 0.3) is 11.7 Å². The van der Waals surface area contributed by atoms with Gasteiger partial charge in [-0.2, -0.15) is 9.67 Å². The first kappa shape index (κ1) is 36.8. The van der Waals surface area contributed by atoms with Crippen molar-refractivity contribution in [1.29, 1.82) is 0 Å². The smallest absolute Gasteiger partial charge is 0.331 e. The summed E-state index contributed by atoms with van der Waals surface area (Å²) in [7, 11) is 0. The van der Waals surface area contributed by atoms with Gasteiger partial charge in [-0.25, -0.2) is 15.0 Å². The number of nitrogens with zero attached hydrogens (tertiary/aromatic N) is 11. The van der Waals surface area contributed by atoms with Gasteiger partial charge < -0.3 is 21.4 Å². The van der Waals surface area contributed by atoms with E-state index in [2.05, 4.69) is 35.9 Å². The molecule has 2 unspecified atom stereocenters. The average Bonchev–Trinajstić information content (AvgIpc) is 4.05. The molecule has 2 bridgehead atoms. The fourth-order valence-corrected chi connectivity index (χ4v) is 8.58. The van der Waals surface area contributed by atoms with Gasteiger partial charge in [-0.05, 0) is 51.0 Å². The lowest BCUT2D eigenvalue weighted by atomic mass is 10.1. The van der Waals surface area contributed by atoms with E-state index in [1.54, 1.807) is 38.4 Å². The molecule has 58 heavy (non-hydrogen) atoms. The molecule has 6 aromatic rings. The van der Waals surface area contributed by atoms with Crippen LogP contribution in [0.1, 0.15) is 79.2 Å². The van der Waals surface area contributed by atoms with Gasteiger partial charge in [-0.3, -0.25) is 44.0 Å². The Morgan fingerprint density at radius 1 is 0.879 bits per heavy atom. The summed E-state index contributed by atoms with van der Waals surface area (Å²) in [6.45, 7) is 10.7. The predicted octanol–water partition coefficient (Wildman–Crippen LogP) is 0.926. The average molecular weight is 788 g/mol. The molecule has 2 saturated heterocycles. The summed E-state index contributed by atoms with van der Waals surface area (Å²) >= 11 is 0. The number of primary amides is 2. The lowest BCUT2D eigenvalue weighted by Crippen LogP contribution is -2.44. The first-order valence-electron chi connectivity index (χ1n) is 19.2. The third-order valence-corrected chi connectivity index (χ3v) is 11.2. The van der Waals surface area contributed by atoms with Crippen molar-refractivity contribution >= 4 is 57.7 Å². The summed E-state index contributed by atoms with van der Waals surface area (Å²) in [6.07, 6.45) is 6.23. The van der Waals surface area contributed by atoms with Gasteiger partial charge in [0.05, 0.1) is 22.3 Å². The zero-order valence-electron chi connectivity index (χ0n) is 32.5. The van der Waals surface area contributed by atoms with E-state index in [0.29, 0.717) is 71.2 Å². The number of fused-ring (bicyclic) bond motifs is 11. The number of nitrogens with one attached hydrogen (secondary N) is 3. The van der Waals surface area contributed by atoms with Crippen molar-refractivity contribution in [3.63, 3.8) is 0 Å². The fraction of sp³-hybridized carbons (Fsp3) is 0.368. The minimum Gasteiger partial charge on any atom is -0.366 e. The number of pyridine rings is 1. The van der Waals surface area contributed by atoms with E-state index in [-0.39, 0.29) is 42.1 Å². The van der Waals surface area contributed by atoms with Crippen molar-refractivity contribution < 1.29 is 23.7 Å². The summed E-state index contributed by atoms with van der Waals surface area (Å²) in [5.74, 6) is -1.33. The Labute approximate surface area is 330 Å². The molecule has 2 atom stereocenters. The lowest BCUT2D eigenvalue weighted by molar-refractivity contribution is -0.606. The highest BCUT2D eigenvalue weighted by molar-refractivity contribution is 6.06. The highest BCUT2D eigenvalue weighted by Crippen LogP contribution is 2.31. The maximum atomic E-state index is 14.7. The minimum absolute atomic E-state index is 0.126. The summed E-state index contributed by atoms with van der Waals surface area (Å²) in [5.41, 5.74) is 15.8. The summed E-state index contributed by atoms with van der Waals surface area (Å²) in [4.78, 5) is 70.5. The normalized spacial score (nSPS) is 18.8. The highest BCUT2D eigenvalue weighted by atomic mass is 16.2. The Balaban J connectivity index is 1.26. The van der Waals surface area contributed by atoms with E-state index in [1.807, 2.05) is 36.6 Å². The molecule has 8 heterocycles. The van der Waals surface area contributed by atoms with E-state index in [9.17, 15) is 19.2 Å². The van der Waals surface area contributed by atoms with Gasteiger partial charge in [0.2, 0.25) is 23.7 Å². The number of aryl methyl sites for hydroxylation is 4. The summed E-state index contributed by atoms with van der Waals surface area (Å²) < 4.78 is 8.41. The molecule has 2 fully saturated rings. The second-order valence-electron chi connectivity index (χ2n) is 14.8. The van der Waals surface area contributed by atoms with Crippen molar-refractivity contribution in [2.24, 2.45) is 11.5 Å². The second-order valence-corrected chi connectivity index (χ2v) is 14.8. The highest BCUT2D eigenvalue weighted by Gasteiger charge is 2.39. The SMILES string of the molecule is CCn1nc(C)c2c1C(=O)Nc1nc3cc(C(N)=O)cc(CN4CC5CC4CN5)c3n1C/C=C/Cn1c(nc3cc(C(N)=O)cnc31)NC(=O)c1n(CC)nc(C)[n+]1-2. The lowest BCUT2D eigenvalue weighted by Gasteiger charge is -2.27. The largest absolute Gasteiger partial charge is 0.366 e. The molecule has 5 aromatic heterocycles. The zero-order chi connectivity index (χ0) is 40.6. The van der Waals surface area contributed by atoms with Gasteiger partial charge in [0.15, 0.2) is 17.0 Å². The maximum Gasteiger partial charge on any atom is 0.331 e. The number of nitrogens with two attached hydrogens (primary N) is 2. The molecule has 20 nitrogen and oxygen atoms in total. The van der Waals surface area contributed by atoms with Crippen LogP contribution in [-0.2, 0) is 32.7 Å². The quantitative estimate of drug-likeness (QED) is 0.117. The number of amides is 4. The van der Waals surface area contributed by atoms with E-state index in [1.165, 1.54) is 12.3 Å². The molecule has 1 aromatic carbocycles. The zero-order valence-corrected chi connectivity index (χ0v) is 32.5. The molecule has 20 heteroatoms. The number of carbonyl (C=O) groups excluding carboxylic acids is 4. The molecule has 9 rings (SSSR count). The summed E-state index contributed by atoms with van der Waals surface area (Å²) in [6, 6.07) is 5.78. The van der Waals surface area contributed by atoms with Gasteiger partial charge in [-0.15, -0.1) is 4.68 Å². The van der Waals surface area contributed by atoms with Crippen LogP contribution in [0.15, 0.2) is 36.5 Å². The number of imidazole rings is 2. The van der Waals surface area contributed by atoms with Gasteiger partial charge in [0.1, 0.15) is 12.1 Å². The standard InChI is InChI=1S/C38H42N16O4/c1-5-52-30-28(19(3)47-52)54-20(4)48-53(6-2)36(54)35(58)46-38-44-27-13-22(32(40)56)15-42-33(27)51(38)10-8-7-9-50-29-23(17-49-18-24-14-25(49)16-41-24)11-21(31(39)55)12-26(29)43-37(50)45-34(30)57/h7-8,11-13,15,24-25,41H,5-6,9-10,14,16-18H2,1-4H3,(H5-,39,40,43,44,45,46,55,56,57,58)/p+1/b8-7+. The van der Waals surface area contributed by atoms with Crippen LogP contribution in [-0.4, -0.2) is 97.3 Å². The van der Waals surface area contributed by atoms with Crippen LogP contribution in [0.2, 0.25) is 0 Å². The molecule has 0 saturated carbocycles. The fourth-order valence-electron chi connectivity index (χ4n) is 8.58. The monoisotopic (exact) mass is 787 g/mol. The Bertz CT molecular complexity index is 2750. The topological polar surface area (TPSA) is 248 Å². The number of benzene rings is 1. The number of aromatic nitrogens is 10. The molecular weight excluding hydrogens is 745 g/mol. The number of rotatable bonds is 6. The van der Waals surface area contributed by atoms with Crippen molar-refractivity contribution in [2.75, 3.05) is 23.7 Å². The molecule has 3 aliphatic rings. The van der Waals surface area contributed by atoms with Crippen LogP contribution in [0.5, 0.6) is 0 Å². The molecule has 0 aliphatic carbocycles. The van der Waals surface area contributed by atoms with Crippen LogP contribution >= 0.6 is 0 Å². The molecule has 7 N–H and O–H groups in total. The second kappa shape index (κ2) is 14.0. The maximum absolute atomic E-state index is 14.7. The van der Waals surface area contributed by atoms with Gasteiger partial charge >= 0.3 is 11.7 Å². The Kier molecular flexibility index (Phi) is 8.88. The van der Waals surface area contributed by atoms with Crippen LogP contribution in [0.4, 0.5) is 11.9 Å². The van der Waals surface area contributed by atoms with Crippen LogP contribution in [0.3, 0.4) is 0 Å². The first-order valence-corrected chi connectivity index (χ1v) is 19.2. The first-order chi connectivity index (χ1) is 27.9. The third kappa shape index (κ3) is 5.98. The van der Waals surface area contributed by atoms with E-state index in [4.69, 9.17) is 21.5 Å². The molecule has 298 valence electrons. The Morgan fingerprint density at radius 3 is 2.26 bits per heavy atom. The number of anilines is 2. The van der Waals surface area contributed by atoms with Crippen LogP contribution < -0.4 is 32.0 Å². The van der Waals surface area contributed by atoms with E-state index < -0.39 is 23.6 Å². The molecule has 4 amide bonds. The predicted molar refractivity (Wildman–Crippen MR) is 210 cm³/mol. The minimum atomic E-state index is -0.662. The number of likely N-dealkylation sites (tertiary alicyclic amines) is 1. The Morgan fingerprint density at radius 2 is 1.57 bits per heavy atom. The molecular formula is C38H43N16O4+. The number of piperazine rings is 1. The van der Waals surface area contributed by atoms with Crippen LogP contribution in [0, 0.1) is 13.8 Å². The van der Waals surface area contributed by atoms with Crippen molar-refractivity contribution in [1.82, 2.24) is 53.9 Å². The molecule has 0 spiro atoms.